The van der Waals surface area contributed by atoms with Crippen molar-refractivity contribution in [2.45, 2.75) is 52.3 Å². The molecule has 146 valence electrons. The molecule has 2 heterocycles. The van der Waals surface area contributed by atoms with Crippen LogP contribution in [0.1, 0.15) is 44.4 Å². The second kappa shape index (κ2) is 9.08. The van der Waals surface area contributed by atoms with E-state index in [9.17, 15) is 0 Å². The Bertz CT molecular complexity index is 790. The maximum absolute atomic E-state index is 6.16. The van der Waals surface area contributed by atoms with Crippen molar-refractivity contribution in [3.8, 4) is 5.75 Å². The molecule has 0 radical (unpaired) electrons. The number of aliphatic imine (C=N–C) groups is 1. The maximum Gasteiger partial charge on any atom is 0.191 e. The number of benzene rings is 1. The molecule has 0 saturated carbocycles. The summed E-state index contributed by atoms with van der Waals surface area (Å²) >= 11 is 6.16. The van der Waals surface area contributed by atoms with Crippen LogP contribution in [0.25, 0.3) is 0 Å². The molecule has 1 aromatic carbocycles. The number of halogens is 1. The van der Waals surface area contributed by atoms with Crippen molar-refractivity contribution < 1.29 is 4.74 Å². The summed E-state index contributed by atoms with van der Waals surface area (Å²) in [5.74, 6) is 3.22. The lowest BCUT2D eigenvalue weighted by molar-refractivity contribution is 0.230. The van der Waals surface area contributed by atoms with E-state index in [0.29, 0.717) is 17.3 Å². The first kappa shape index (κ1) is 19.5. The van der Waals surface area contributed by atoms with Crippen molar-refractivity contribution in [3.63, 3.8) is 0 Å². The normalized spacial score (nSPS) is 17.9. The lowest BCUT2D eigenvalue weighted by atomic mass is 10.1. The van der Waals surface area contributed by atoms with E-state index in [1.165, 1.54) is 0 Å². The van der Waals surface area contributed by atoms with Crippen LogP contribution >= 0.6 is 11.6 Å². The second-order valence-corrected chi connectivity index (χ2v) is 7.07. The molecule has 0 aliphatic carbocycles. The van der Waals surface area contributed by atoms with Gasteiger partial charge in [0.2, 0.25) is 0 Å². The van der Waals surface area contributed by atoms with Gasteiger partial charge >= 0.3 is 0 Å². The molecular formula is C19H27ClN6O. The van der Waals surface area contributed by atoms with Crippen molar-refractivity contribution in [3.05, 3.63) is 40.9 Å². The predicted octanol–water partition coefficient (Wildman–Crippen LogP) is 3.10. The Labute approximate surface area is 165 Å². The van der Waals surface area contributed by atoms with Crippen LogP contribution in [0.3, 0.4) is 0 Å². The summed E-state index contributed by atoms with van der Waals surface area (Å²) < 4.78 is 7.89. The molecule has 0 bridgehead atoms. The van der Waals surface area contributed by atoms with Gasteiger partial charge in [-0.15, -0.1) is 0 Å². The van der Waals surface area contributed by atoms with Crippen molar-refractivity contribution >= 4 is 17.6 Å². The third-order valence-electron chi connectivity index (χ3n) is 4.31. The van der Waals surface area contributed by atoms with E-state index in [2.05, 4.69) is 25.7 Å². The lowest BCUT2D eigenvalue weighted by Gasteiger charge is -2.25. The van der Waals surface area contributed by atoms with Gasteiger partial charge in [0.15, 0.2) is 5.96 Å². The van der Waals surface area contributed by atoms with Gasteiger partial charge in [-0.05, 0) is 45.7 Å². The standard InChI is InChI=1S/C19H27ClN6O/c1-4-21-19(22-12-13(2)27-17-10-6-5-8-15(17)20)24-16-9-7-11-26-18(16)23-14(3)25-26/h5-6,8,10,13,16H,4,7,9,11-12H2,1-3H3,(H2,21,22,24). The van der Waals surface area contributed by atoms with Crippen LogP contribution in [0.5, 0.6) is 5.75 Å². The number of hydrogen-bond donors (Lipinski definition) is 2. The highest BCUT2D eigenvalue weighted by atomic mass is 35.5. The van der Waals surface area contributed by atoms with Crippen molar-refractivity contribution in [1.29, 1.82) is 0 Å². The first-order valence-electron chi connectivity index (χ1n) is 9.44. The molecule has 0 spiro atoms. The fourth-order valence-corrected chi connectivity index (χ4v) is 3.28. The van der Waals surface area contributed by atoms with Crippen molar-refractivity contribution in [2.24, 2.45) is 4.99 Å². The highest BCUT2D eigenvalue weighted by Crippen LogP contribution is 2.24. The summed E-state index contributed by atoms with van der Waals surface area (Å²) in [6, 6.07) is 7.58. The minimum Gasteiger partial charge on any atom is -0.487 e. The number of ether oxygens (including phenoxy) is 1. The number of nitrogens with zero attached hydrogens (tertiary/aromatic N) is 4. The number of guanidine groups is 1. The zero-order valence-corrected chi connectivity index (χ0v) is 16.8. The second-order valence-electron chi connectivity index (χ2n) is 6.66. The summed E-state index contributed by atoms with van der Waals surface area (Å²) in [7, 11) is 0. The molecule has 27 heavy (non-hydrogen) atoms. The minimum atomic E-state index is -0.0994. The maximum atomic E-state index is 6.16. The van der Waals surface area contributed by atoms with Gasteiger partial charge in [-0.1, -0.05) is 23.7 Å². The number of para-hydroxylation sites is 1. The van der Waals surface area contributed by atoms with Gasteiger partial charge in [0.05, 0.1) is 17.6 Å². The van der Waals surface area contributed by atoms with E-state index in [-0.39, 0.29) is 12.1 Å². The highest BCUT2D eigenvalue weighted by molar-refractivity contribution is 6.32. The first-order chi connectivity index (χ1) is 13.1. The van der Waals surface area contributed by atoms with Gasteiger partial charge in [-0.25, -0.2) is 14.7 Å². The van der Waals surface area contributed by atoms with Crippen LogP contribution in [-0.2, 0) is 6.54 Å². The monoisotopic (exact) mass is 390 g/mol. The number of fused-ring (bicyclic) bond motifs is 1. The average molecular weight is 391 g/mol. The number of aryl methyl sites for hydroxylation is 2. The Balaban J connectivity index is 1.64. The van der Waals surface area contributed by atoms with Gasteiger partial charge < -0.3 is 15.4 Å². The van der Waals surface area contributed by atoms with Gasteiger partial charge in [-0.2, -0.15) is 5.10 Å². The molecule has 2 aromatic rings. The molecule has 0 amide bonds. The number of rotatable bonds is 6. The Kier molecular flexibility index (Phi) is 6.55. The molecule has 1 aromatic heterocycles. The Morgan fingerprint density at radius 2 is 2.26 bits per heavy atom. The third-order valence-corrected chi connectivity index (χ3v) is 4.62. The van der Waals surface area contributed by atoms with Crippen LogP contribution in [-0.4, -0.2) is 39.9 Å². The number of aromatic nitrogens is 3. The molecule has 2 atom stereocenters. The molecule has 0 fully saturated rings. The van der Waals surface area contributed by atoms with Crippen LogP contribution in [0.2, 0.25) is 5.02 Å². The molecule has 7 nitrogen and oxygen atoms in total. The third kappa shape index (κ3) is 5.13. The van der Waals surface area contributed by atoms with Crippen molar-refractivity contribution in [1.82, 2.24) is 25.4 Å². The lowest BCUT2D eigenvalue weighted by Crippen LogP contribution is -2.42. The van der Waals surface area contributed by atoms with E-state index in [1.54, 1.807) is 0 Å². The van der Waals surface area contributed by atoms with Gasteiger partial charge in [0, 0.05) is 13.1 Å². The van der Waals surface area contributed by atoms with Gasteiger partial charge in [0.1, 0.15) is 23.5 Å². The Hall–Kier alpha value is -2.28. The molecule has 3 rings (SSSR count). The van der Waals surface area contributed by atoms with Gasteiger partial charge in [0.25, 0.3) is 0 Å². The molecule has 1 aliphatic heterocycles. The van der Waals surface area contributed by atoms with E-state index in [0.717, 1.165) is 43.5 Å². The summed E-state index contributed by atoms with van der Waals surface area (Å²) in [6.07, 6.45) is 1.98. The van der Waals surface area contributed by atoms with Crippen LogP contribution in [0.4, 0.5) is 0 Å². The van der Waals surface area contributed by atoms with E-state index >= 15 is 0 Å². The zero-order valence-electron chi connectivity index (χ0n) is 16.1. The number of nitrogens with one attached hydrogen (secondary N) is 2. The summed E-state index contributed by atoms with van der Waals surface area (Å²) in [5.41, 5.74) is 0. The molecule has 0 saturated heterocycles. The molecule has 8 heteroatoms. The zero-order chi connectivity index (χ0) is 19.2. The molecule has 2 unspecified atom stereocenters. The topological polar surface area (TPSA) is 76.4 Å². The molecule has 1 aliphatic rings. The Morgan fingerprint density at radius 3 is 3.04 bits per heavy atom. The quantitative estimate of drug-likeness (QED) is 0.585. The summed E-state index contributed by atoms with van der Waals surface area (Å²) in [4.78, 5) is 9.26. The average Bonchev–Trinajstić information content (AvgIpc) is 3.03. The predicted molar refractivity (Wildman–Crippen MR) is 107 cm³/mol. The van der Waals surface area contributed by atoms with E-state index in [4.69, 9.17) is 16.3 Å². The number of hydrogen-bond acceptors (Lipinski definition) is 4. The van der Waals surface area contributed by atoms with Crippen LogP contribution < -0.4 is 15.4 Å². The fourth-order valence-electron chi connectivity index (χ4n) is 3.10. The highest BCUT2D eigenvalue weighted by Gasteiger charge is 2.24. The SMILES string of the molecule is CCNC(=NCC(C)Oc1ccccc1Cl)NC1CCCn2nc(C)nc21. The molecular weight excluding hydrogens is 364 g/mol. The van der Waals surface area contributed by atoms with Crippen molar-refractivity contribution in [2.75, 3.05) is 13.1 Å². The molecule has 2 N–H and O–H groups in total. The van der Waals surface area contributed by atoms with E-state index < -0.39 is 0 Å². The van der Waals surface area contributed by atoms with Gasteiger partial charge in [-0.3, -0.25) is 0 Å². The first-order valence-corrected chi connectivity index (χ1v) is 9.82. The minimum absolute atomic E-state index is 0.0994. The smallest absolute Gasteiger partial charge is 0.191 e. The Morgan fingerprint density at radius 1 is 1.44 bits per heavy atom. The fraction of sp³-hybridized carbons (Fsp3) is 0.526. The van der Waals surface area contributed by atoms with Crippen LogP contribution in [0.15, 0.2) is 29.3 Å². The van der Waals surface area contributed by atoms with E-state index in [1.807, 2.05) is 49.7 Å². The largest absolute Gasteiger partial charge is 0.487 e. The summed E-state index contributed by atoms with van der Waals surface area (Å²) in [6.45, 7) is 8.18. The summed E-state index contributed by atoms with van der Waals surface area (Å²) in [5, 5.41) is 11.9. The van der Waals surface area contributed by atoms with Crippen LogP contribution in [0, 0.1) is 6.92 Å².